The fraction of sp³-hybridized carbons (Fsp3) is 0.143. The molecule has 0 saturated carbocycles. The maximum Gasteiger partial charge on any atom is 0.175 e. The minimum Gasteiger partial charge on any atom is -0.358 e. The maximum atomic E-state index is 13.1. The van der Waals surface area contributed by atoms with Crippen molar-refractivity contribution in [3.8, 4) is 0 Å². The summed E-state index contributed by atoms with van der Waals surface area (Å²) in [4.78, 5) is 20.9. The van der Waals surface area contributed by atoms with Gasteiger partial charge >= 0.3 is 0 Å². The summed E-state index contributed by atoms with van der Waals surface area (Å²) >= 11 is 0. The molecule has 0 aliphatic carbocycles. The first-order chi connectivity index (χ1) is 11.6. The van der Waals surface area contributed by atoms with Crippen LogP contribution in [0.5, 0.6) is 0 Å². The van der Waals surface area contributed by atoms with E-state index in [1.165, 1.54) is 0 Å². The van der Waals surface area contributed by atoms with Crippen molar-refractivity contribution in [1.82, 2.24) is 9.97 Å². The number of hydrogen-bond donors (Lipinski definition) is 1. The standard InChI is InChI=1S/C21H18N2O/c1-21(2,19-12-15-8-4-6-10-18(15)23-19)20(24)16-11-14-7-3-5-9-17(14)22-13-16/h3-13,23H,1-2H3. The minimum atomic E-state index is -0.650. The Labute approximate surface area is 140 Å². The largest absolute Gasteiger partial charge is 0.358 e. The molecule has 2 aromatic carbocycles. The second kappa shape index (κ2) is 5.31. The van der Waals surface area contributed by atoms with Crippen LogP contribution in [-0.2, 0) is 5.41 Å². The quantitative estimate of drug-likeness (QED) is 0.548. The van der Waals surface area contributed by atoms with Crippen LogP contribution in [0.2, 0.25) is 0 Å². The van der Waals surface area contributed by atoms with Crippen LogP contribution in [0.25, 0.3) is 21.8 Å². The third-order valence-corrected chi connectivity index (χ3v) is 4.62. The molecule has 0 fully saturated rings. The number of nitrogens with zero attached hydrogens (tertiary/aromatic N) is 1. The zero-order valence-corrected chi connectivity index (χ0v) is 13.7. The van der Waals surface area contributed by atoms with Gasteiger partial charge in [-0.3, -0.25) is 9.78 Å². The van der Waals surface area contributed by atoms with Gasteiger partial charge in [0, 0.05) is 28.4 Å². The monoisotopic (exact) mass is 314 g/mol. The fourth-order valence-corrected chi connectivity index (χ4v) is 3.09. The summed E-state index contributed by atoms with van der Waals surface area (Å²) in [5, 5.41) is 2.10. The van der Waals surface area contributed by atoms with Gasteiger partial charge in [0.15, 0.2) is 5.78 Å². The number of carbonyl (C=O) groups excluding carboxylic acids is 1. The van der Waals surface area contributed by atoms with Gasteiger partial charge in [-0.2, -0.15) is 0 Å². The zero-order valence-electron chi connectivity index (χ0n) is 13.7. The van der Waals surface area contributed by atoms with E-state index in [4.69, 9.17) is 0 Å². The summed E-state index contributed by atoms with van der Waals surface area (Å²) in [6.45, 7) is 3.91. The van der Waals surface area contributed by atoms with Gasteiger partial charge < -0.3 is 4.98 Å². The number of fused-ring (bicyclic) bond motifs is 2. The molecule has 2 heterocycles. The number of hydrogen-bond acceptors (Lipinski definition) is 2. The van der Waals surface area contributed by atoms with Gasteiger partial charge in [-0.15, -0.1) is 0 Å². The van der Waals surface area contributed by atoms with Crippen LogP contribution in [-0.4, -0.2) is 15.8 Å². The maximum absolute atomic E-state index is 13.1. The average molecular weight is 314 g/mol. The number of carbonyl (C=O) groups is 1. The van der Waals surface area contributed by atoms with Gasteiger partial charge in [-0.1, -0.05) is 36.4 Å². The lowest BCUT2D eigenvalue weighted by Crippen LogP contribution is -2.29. The first-order valence-corrected chi connectivity index (χ1v) is 8.03. The molecule has 0 unspecified atom stereocenters. The topological polar surface area (TPSA) is 45.8 Å². The Morgan fingerprint density at radius 3 is 2.46 bits per heavy atom. The van der Waals surface area contributed by atoms with Crippen molar-refractivity contribution < 1.29 is 4.79 Å². The van der Waals surface area contributed by atoms with E-state index in [2.05, 4.69) is 16.0 Å². The highest BCUT2D eigenvalue weighted by molar-refractivity contribution is 6.05. The van der Waals surface area contributed by atoms with Crippen molar-refractivity contribution in [3.63, 3.8) is 0 Å². The summed E-state index contributed by atoms with van der Waals surface area (Å²) in [7, 11) is 0. The minimum absolute atomic E-state index is 0.0623. The van der Waals surface area contributed by atoms with E-state index in [0.717, 1.165) is 27.5 Å². The molecule has 24 heavy (non-hydrogen) atoms. The smallest absolute Gasteiger partial charge is 0.175 e. The zero-order chi connectivity index (χ0) is 16.7. The summed E-state index contributed by atoms with van der Waals surface area (Å²) in [6, 6.07) is 19.9. The first-order valence-electron chi connectivity index (χ1n) is 8.03. The molecular formula is C21H18N2O. The van der Waals surface area contributed by atoms with E-state index in [-0.39, 0.29) is 5.78 Å². The van der Waals surface area contributed by atoms with Gasteiger partial charge in [0.2, 0.25) is 0 Å². The summed E-state index contributed by atoms with van der Waals surface area (Å²) in [6.07, 6.45) is 1.68. The number of aromatic amines is 1. The number of rotatable bonds is 3. The number of pyridine rings is 1. The SMILES string of the molecule is CC(C)(C(=O)c1cnc2ccccc2c1)c1cc2ccccc2[nH]1. The number of para-hydroxylation sites is 2. The number of benzene rings is 2. The molecule has 118 valence electrons. The number of H-pyrrole nitrogens is 1. The highest BCUT2D eigenvalue weighted by Crippen LogP contribution is 2.30. The van der Waals surface area contributed by atoms with Gasteiger partial charge in [-0.25, -0.2) is 0 Å². The van der Waals surface area contributed by atoms with Crippen LogP contribution in [0.4, 0.5) is 0 Å². The van der Waals surface area contributed by atoms with E-state index in [1.54, 1.807) is 6.20 Å². The van der Waals surface area contributed by atoms with Crippen LogP contribution in [0.15, 0.2) is 66.9 Å². The van der Waals surface area contributed by atoms with E-state index >= 15 is 0 Å². The average Bonchev–Trinajstić information content (AvgIpc) is 3.05. The van der Waals surface area contributed by atoms with E-state index < -0.39 is 5.41 Å². The predicted molar refractivity (Wildman–Crippen MR) is 97.4 cm³/mol. The second-order valence-electron chi connectivity index (χ2n) is 6.64. The lowest BCUT2D eigenvalue weighted by Gasteiger charge is -2.22. The van der Waals surface area contributed by atoms with Crippen molar-refractivity contribution in [2.75, 3.05) is 0 Å². The molecule has 0 atom stereocenters. The molecule has 0 amide bonds. The Bertz CT molecular complexity index is 1030. The lowest BCUT2D eigenvalue weighted by atomic mass is 9.81. The Kier molecular flexibility index (Phi) is 3.24. The Morgan fingerprint density at radius 1 is 0.958 bits per heavy atom. The van der Waals surface area contributed by atoms with Gasteiger partial charge in [-0.05, 0) is 43.5 Å². The normalized spacial score (nSPS) is 11.9. The Hall–Kier alpha value is -2.94. The molecule has 3 heteroatoms. The fourth-order valence-electron chi connectivity index (χ4n) is 3.09. The number of Topliss-reactive ketones (excluding diaryl/α,β-unsaturated/α-hetero) is 1. The highest BCUT2D eigenvalue weighted by Gasteiger charge is 2.32. The predicted octanol–water partition coefficient (Wildman–Crippen LogP) is 4.88. The van der Waals surface area contributed by atoms with E-state index in [1.807, 2.05) is 68.4 Å². The molecule has 2 aromatic heterocycles. The molecule has 0 bridgehead atoms. The van der Waals surface area contributed by atoms with Crippen LogP contribution in [0.3, 0.4) is 0 Å². The van der Waals surface area contributed by atoms with E-state index in [9.17, 15) is 4.79 Å². The molecule has 3 nitrogen and oxygen atoms in total. The third kappa shape index (κ3) is 2.29. The van der Waals surface area contributed by atoms with Crippen molar-refractivity contribution in [1.29, 1.82) is 0 Å². The molecule has 0 saturated heterocycles. The summed E-state index contributed by atoms with van der Waals surface area (Å²) in [5.74, 6) is 0.0623. The molecular weight excluding hydrogens is 296 g/mol. The van der Waals surface area contributed by atoms with Crippen LogP contribution in [0.1, 0.15) is 29.9 Å². The van der Waals surface area contributed by atoms with Gasteiger partial charge in [0.05, 0.1) is 10.9 Å². The highest BCUT2D eigenvalue weighted by atomic mass is 16.1. The van der Waals surface area contributed by atoms with Gasteiger partial charge in [0.25, 0.3) is 0 Å². The number of aromatic nitrogens is 2. The molecule has 0 spiro atoms. The lowest BCUT2D eigenvalue weighted by molar-refractivity contribution is 0.0906. The molecule has 0 radical (unpaired) electrons. The summed E-state index contributed by atoms with van der Waals surface area (Å²) in [5.41, 5.74) is 2.85. The van der Waals surface area contributed by atoms with Crippen molar-refractivity contribution in [2.45, 2.75) is 19.3 Å². The summed E-state index contributed by atoms with van der Waals surface area (Å²) < 4.78 is 0. The van der Waals surface area contributed by atoms with Crippen molar-refractivity contribution >= 4 is 27.6 Å². The second-order valence-corrected chi connectivity index (χ2v) is 6.64. The van der Waals surface area contributed by atoms with Crippen LogP contribution >= 0.6 is 0 Å². The van der Waals surface area contributed by atoms with E-state index in [0.29, 0.717) is 5.56 Å². The van der Waals surface area contributed by atoms with Crippen LogP contribution < -0.4 is 0 Å². The third-order valence-electron chi connectivity index (χ3n) is 4.62. The molecule has 1 N–H and O–H groups in total. The molecule has 0 aliphatic rings. The van der Waals surface area contributed by atoms with Crippen LogP contribution in [0, 0.1) is 0 Å². The van der Waals surface area contributed by atoms with Gasteiger partial charge in [0.1, 0.15) is 0 Å². The molecule has 4 rings (SSSR count). The number of ketones is 1. The van der Waals surface area contributed by atoms with Crippen molar-refractivity contribution in [2.24, 2.45) is 0 Å². The van der Waals surface area contributed by atoms with Crippen molar-refractivity contribution in [3.05, 3.63) is 78.1 Å². The molecule has 0 aliphatic heterocycles. The number of nitrogens with one attached hydrogen (secondary N) is 1. The Morgan fingerprint density at radius 2 is 1.67 bits per heavy atom. The first kappa shape index (κ1) is 14.6. The Balaban J connectivity index is 1.77. The molecule has 4 aromatic rings.